The number of halogens is 3. The summed E-state index contributed by atoms with van der Waals surface area (Å²) in [6, 6.07) is 3.86. The van der Waals surface area contributed by atoms with Gasteiger partial charge in [0.2, 0.25) is 5.91 Å². The summed E-state index contributed by atoms with van der Waals surface area (Å²) in [6.45, 7) is 2.94. The maximum absolute atomic E-state index is 11.7. The van der Waals surface area contributed by atoms with E-state index in [1.165, 1.54) is 0 Å². The molecule has 17 heavy (non-hydrogen) atoms. The Morgan fingerprint density at radius 2 is 1.82 bits per heavy atom. The van der Waals surface area contributed by atoms with Crippen LogP contribution in [0.4, 0.5) is 5.69 Å². The van der Waals surface area contributed by atoms with Crippen molar-refractivity contribution in [2.45, 2.75) is 6.92 Å². The molecular weight excluding hydrogens is 416 g/mol. The molecule has 0 aliphatic heterocycles. The maximum atomic E-state index is 11.7. The van der Waals surface area contributed by atoms with E-state index in [2.05, 4.69) is 53.1 Å². The molecular formula is C11H13Br3N2O. The molecule has 0 saturated carbocycles. The Morgan fingerprint density at radius 3 is 2.29 bits per heavy atom. The fourth-order valence-electron chi connectivity index (χ4n) is 1.19. The molecule has 1 rings (SSSR count). The highest BCUT2D eigenvalue weighted by Crippen LogP contribution is 2.34. The Hall–Kier alpha value is -0.0700. The predicted molar refractivity (Wildman–Crippen MR) is 81.3 cm³/mol. The molecule has 0 aromatic heterocycles. The van der Waals surface area contributed by atoms with Crippen molar-refractivity contribution < 1.29 is 4.79 Å². The molecule has 0 aliphatic carbocycles. The second-order valence-electron chi connectivity index (χ2n) is 3.51. The lowest BCUT2D eigenvalue weighted by atomic mass is 10.3. The summed E-state index contributed by atoms with van der Waals surface area (Å²) in [4.78, 5) is 13.3. The second kappa shape index (κ2) is 6.75. The minimum absolute atomic E-state index is 0.0641. The van der Waals surface area contributed by atoms with Gasteiger partial charge in [-0.2, -0.15) is 0 Å². The van der Waals surface area contributed by atoms with Gasteiger partial charge in [-0.3, -0.25) is 4.79 Å². The predicted octanol–water partition coefficient (Wildman–Crippen LogP) is 3.86. The average Bonchev–Trinajstić information content (AvgIpc) is 2.26. The van der Waals surface area contributed by atoms with Crippen LogP contribution in [-0.4, -0.2) is 30.9 Å². The van der Waals surface area contributed by atoms with E-state index < -0.39 is 0 Å². The summed E-state index contributed by atoms with van der Waals surface area (Å²) in [5, 5.41) is 3.12. The van der Waals surface area contributed by atoms with Crippen LogP contribution in [0.1, 0.15) is 6.92 Å². The van der Waals surface area contributed by atoms with Gasteiger partial charge < -0.3 is 10.2 Å². The summed E-state index contributed by atoms with van der Waals surface area (Å²) in [7, 11) is 1.79. The number of benzene rings is 1. The van der Waals surface area contributed by atoms with E-state index in [1.807, 2.05) is 19.1 Å². The highest BCUT2D eigenvalue weighted by Gasteiger charge is 2.10. The lowest BCUT2D eigenvalue weighted by Gasteiger charge is -2.16. The van der Waals surface area contributed by atoms with Gasteiger partial charge in [0.15, 0.2) is 0 Å². The van der Waals surface area contributed by atoms with Crippen molar-refractivity contribution in [3.05, 3.63) is 25.6 Å². The highest BCUT2D eigenvalue weighted by atomic mass is 79.9. The van der Waals surface area contributed by atoms with Crippen LogP contribution in [0, 0.1) is 0 Å². The smallest absolute Gasteiger partial charge is 0.241 e. The van der Waals surface area contributed by atoms with Crippen molar-refractivity contribution in [1.29, 1.82) is 0 Å². The molecule has 3 nitrogen and oxygen atoms in total. The third kappa shape index (κ3) is 4.26. The Labute approximate surface area is 126 Å². The fraction of sp³-hybridized carbons (Fsp3) is 0.364. The molecule has 0 spiro atoms. The molecule has 0 radical (unpaired) electrons. The maximum Gasteiger partial charge on any atom is 0.241 e. The zero-order valence-electron chi connectivity index (χ0n) is 9.56. The standard InChI is InChI=1S/C11H13Br3N2O/c1-3-16(2)10(17)6-15-11-8(13)4-7(12)5-9(11)14/h4-5,15H,3,6H2,1-2H3. The van der Waals surface area contributed by atoms with Gasteiger partial charge >= 0.3 is 0 Å². The molecule has 0 bridgehead atoms. The number of carbonyl (C=O) groups is 1. The molecule has 1 amide bonds. The number of hydrogen-bond acceptors (Lipinski definition) is 2. The molecule has 0 aliphatic rings. The molecule has 94 valence electrons. The van der Waals surface area contributed by atoms with Crippen LogP contribution in [-0.2, 0) is 4.79 Å². The molecule has 0 fully saturated rings. The Morgan fingerprint density at radius 1 is 1.29 bits per heavy atom. The normalized spacial score (nSPS) is 10.2. The highest BCUT2D eigenvalue weighted by molar-refractivity contribution is 9.11. The first-order chi connectivity index (χ1) is 7.95. The summed E-state index contributed by atoms with van der Waals surface area (Å²) >= 11 is 10.3. The lowest BCUT2D eigenvalue weighted by molar-refractivity contribution is -0.127. The second-order valence-corrected chi connectivity index (χ2v) is 6.13. The molecule has 0 unspecified atom stereocenters. The van der Waals surface area contributed by atoms with Crippen molar-refractivity contribution in [3.8, 4) is 0 Å². The number of likely N-dealkylation sites (N-methyl/N-ethyl adjacent to an activating group) is 1. The molecule has 6 heteroatoms. The van der Waals surface area contributed by atoms with Gasteiger partial charge in [0, 0.05) is 27.0 Å². The van der Waals surface area contributed by atoms with E-state index in [0.29, 0.717) is 6.54 Å². The molecule has 0 atom stereocenters. The summed E-state index contributed by atoms with van der Waals surface area (Å²) < 4.78 is 2.79. The minimum Gasteiger partial charge on any atom is -0.374 e. The van der Waals surface area contributed by atoms with Gasteiger partial charge in [-0.1, -0.05) is 15.9 Å². The number of hydrogen-bond donors (Lipinski definition) is 1. The van der Waals surface area contributed by atoms with Gasteiger partial charge in [0.1, 0.15) is 0 Å². The van der Waals surface area contributed by atoms with Crippen LogP contribution in [0.15, 0.2) is 25.6 Å². The summed E-state index contributed by atoms with van der Waals surface area (Å²) in [6.07, 6.45) is 0. The minimum atomic E-state index is 0.0641. The third-order valence-corrected chi connectivity index (χ3v) is 4.03. The van der Waals surface area contributed by atoms with Crippen molar-refractivity contribution in [2.24, 2.45) is 0 Å². The Kier molecular flexibility index (Phi) is 5.95. The van der Waals surface area contributed by atoms with Crippen LogP contribution in [0.25, 0.3) is 0 Å². The zero-order valence-corrected chi connectivity index (χ0v) is 14.3. The van der Waals surface area contributed by atoms with E-state index >= 15 is 0 Å². The number of nitrogens with one attached hydrogen (secondary N) is 1. The van der Waals surface area contributed by atoms with Crippen molar-refractivity contribution in [1.82, 2.24) is 4.90 Å². The van der Waals surface area contributed by atoms with Crippen molar-refractivity contribution in [2.75, 3.05) is 25.5 Å². The Balaban J connectivity index is 2.73. The van der Waals surface area contributed by atoms with E-state index in [1.54, 1.807) is 11.9 Å². The van der Waals surface area contributed by atoms with Crippen molar-refractivity contribution in [3.63, 3.8) is 0 Å². The van der Waals surface area contributed by atoms with E-state index in [9.17, 15) is 4.79 Å². The van der Waals surface area contributed by atoms with Crippen LogP contribution < -0.4 is 5.32 Å². The van der Waals surface area contributed by atoms with Gasteiger partial charge in [-0.25, -0.2) is 0 Å². The number of carbonyl (C=O) groups excluding carboxylic acids is 1. The first-order valence-electron chi connectivity index (χ1n) is 5.08. The van der Waals surface area contributed by atoms with Gasteiger partial charge in [0.25, 0.3) is 0 Å². The number of amides is 1. The molecule has 0 saturated heterocycles. The lowest BCUT2D eigenvalue weighted by Crippen LogP contribution is -2.32. The van der Waals surface area contributed by atoms with Gasteiger partial charge in [-0.15, -0.1) is 0 Å². The van der Waals surface area contributed by atoms with Gasteiger partial charge in [0.05, 0.1) is 12.2 Å². The number of anilines is 1. The van der Waals surface area contributed by atoms with Crippen LogP contribution in [0.2, 0.25) is 0 Å². The first kappa shape index (κ1) is 15.0. The quantitative estimate of drug-likeness (QED) is 0.789. The fourth-order valence-corrected chi connectivity index (χ4v) is 3.73. The molecule has 1 aromatic rings. The largest absolute Gasteiger partial charge is 0.374 e. The Bertz CT molecular complexity index is 400. The average molecular weight is 429 g/mol. The number of rotatable bonds is 4. The van der Waals surface area contributed by atoms with E-state index in [-0.39, 0.29) is 12.5 Å². The van der Waals surface area contributed by atoms with Crippen molar-refractivity contribution >= 4 is 59.4 Å². The van der Waals surface area contributed by atoms with Crippen LogP contribution in [0.5, 0.6) is 0 Å². The van der Waals surface area contributed by atoms with E-state index in [0.717, 1.165) is 19.1 Å². The summed E-state index contributed by atoms with van der Waals surface area (Å²) in [5.41, 5.74) is 0.881. The SMILES string of the molecule is CCN(C)C(=O)CNc1c(Br)cc(Br)cc1Br. The monoisotopic (exact) mass is 426 g/mol. The first-order valence-corrected chi connectivity index (χ1v) is 7.46. The van der Waals surface area contributed by atoms with Gasteiger partial charge in [-0.05, 0) is 50.9 Å². The van der Waals surface area contributed by atoms with E-state index in [4.69, 9.17) is 0 Å². The van der Waals surface area contributed by atoms with Crippen LogP contribution >= 0.6 is 47.8 Å². The zero-order chi connectivity index (χ0) is 13.0. The molecule has 1 N–H and O–H groups in total. The summed E-state index contributed by atoms with van der Waals surface area (Å²) in [5.74, 6) is 0.0641. The molecule has 1 aromatic carbocycles. The number of nitrogens with zero attached hydrogens (tertiary/aromatic N) is 1. The third-order valence-electron chi connectivity index (χ3n) is 2.32. The van der Waals surface area contributed by atoms with Crippen LogP contribution in [0.3, 0.4) is 0 Å². The topological polar surface area (TPSA) is 32.3 Å². The molecule has 0 heterocycles.